The minimum Gasteiger partial charge on any atom is -0.456 e. The van der Waals surface area contributed by atoms with Gasteiger partial charge in [0.2, 0.25) is 0 Å². The van der Waals surface area contributed by atoms with E-state index < -0.39 is 5.91 Å². The number of nitrogens with two attached hydrogens (primary N) is 1. The number of likely N-dealkylation sites (tertiary alicyclic amines) is 1. The van der Waals surface area contributed by atoms with E-state index in [-0.39, 0.29) is 5.76 Å². The molecule has 1 aliphatic heterocycles. The van der Waals surface area contributed by atoms with E-state index in [0.29, 0.717) is 6.10 Å². The molecule has 0 spiro atoms. The average molecular weight is 281 g/mol. The Morgan fingerprint density at radius 2 is 2.45 bits per heavy atom. The highest BCUT2D eigenvalue weighted by atomic mass is 16.5. The summed E-state index contributed by atoms with van der Waals surface area (Å²) in [7, 11) is 0. The van der Waals surface area contributed by atoms with Gasteiger partial charge in [0.15, 0.2) is 5.76 Å². The maximum Gasteiger partial charge on any atom is 0.300 e. The second-order valence-electron chi connectivity index (χ2n) is 5.12. The van der Waals surface area contributed by atoms with E-state index in [9.17, 15) is 4.79 Å². The molecule has 1 amide bonds. The first-order valence-electron chi connectivity index (χ1n) is 7.08. The standard InChI is InChI=1S/C14H23N3O3/c1-3-19-12-5-4-6-17(9-12)8-11-7-13(14(18)16-15)20-10(11)2/h7,12H,3-6,8-9,15H2,1-2H3,(H,16,18). The van der Waals surface area contributed by atoms with Crippen LogP contribution in [0.15, 0.2) is 10.5 Å². The molecule has 0 saturated carbocycles. The number of rotatable bonds is 5. The van der Waals surface area contributed by atoms with E-state index in [2.05, 4.69) is 10.3 Å². The molecular formula is C14H23N3O3. The molecule has 1 saturated heterocycles. The van der Waals surface area contributed by atoms with E-state index >= 15 is 0 Å². The maximum atomic E-state index is 11.4. The molecule has 6 heteroatoms. The number of nitrogens with one attached hydrogen (secondary N) is 1. The summed E-state index contributed by atoms with van der Waals surface area (Å²) in [6, 6.07) is 1.77. The van der Waals surface area contributed by atoms with Crippen molar-refractivity contribution in [1.82, 2.24) is 10.3 Å². The molecule has 3 N–H and O–H groups in total. The number of piperidine rings is 1. The molecule has 6 nitrogen and oxygen atoms in total. The van der Waals surface area contributed by atoms with Crippen LogP contribution in [-0.2, 0) is 11.3 Å². The number of nitrogen functional groups attached to an aromatic ring is 1. The fraction of sp³-hybridized carbons (Fsp3) is 0.643. The van der Waals surface area contributed by atoms with Crippen molar-refractivity contribution >= 4 is 5.91 Å². The van der Waals surface area contributed by atoms with Crippen molar-refractivity contribution in [3.63, 3.8) is 0 Å². The molecule has 0 bridgehead atoms. The third kappa shape index (κ3) is 3.59. The first-order valence-corrected chi connectivity index (χ1v) is 7.08. The van der Waals surface area contributed by atoms with Gasteiger partial charge in [0.25, 0.3) is 0 Å². The third-order valence-electron chi connectivity index (χ3n) is 3.63. The minimum atomic E-state index is -0.398. The van der Waals surface area contributed by atoms with Crippen LogP contribution >= 0.6 is 0 Å². The van der Waals surface area contributed by atoms with Gasteiger partial charge in [-0.2, -0.15) is 0 Å². The van der Waals surface area contributed by atoms with Gasteiger partial charge in [-0.05, 0) is 39.3 Å². The average Bonchev–Trinajstić information content (AvgIpc) is 2.80. The Hall–Kier alpha value is -1.37. The van der Waals surface area contributed by atoms with Crippen LogP contribution in [0.3, 0.4) is 0 Å². The summed E-state index contributed by atoms with van der Waals surface area (Å²) in [6.07, 6.45) is 2.57. The Morgan fingerprint density at radius 3 is 3.15 bits per heavy atom. The van der Waals surface area contributed by atoms with Crippen molar-refractivity contribution in [3.05, 3.63) is 23.2 Å². The molecule has 1 fully saturated rings. The number of aryl methyl sites for hydroxylation is 1. The van der Waals surface area contributed by atoms with Gasteiger partial charge in [-0.25, -0.2) is 5.84 Å². The predicted octanol–water partition coefficient (Wildman–Crippen LogP) is 1.19. The Balaban J connectivity index is 1.99. The highest BCUT2D eigenvalue weighted by Crippen LogP contribution is 2.20. The van der Waals surface area contributed by atoms with Crippen LogP contribution in [0.25, 0.3) is 0 Å². The Morgan fingerprint density at radius 1 is 1.65 bits per heavy atom. The predicted molar refractivity (Wildman–Crippen MR) is 75.0 cm³/mol. The van der Waals surface area contributed by atoms with Crippen LogP contribution in [0.5, 0.6) is 0 Å². The van der Waals surface area contributed by atoms with Crippen LogP contribution < -0.4 is 11.3 Å². The molecule has 0 aliphatic carbocycles. The smallest absolute Gasteiger partial charge is 0.300 e. The lowest BCUT2D eigenvalue weighted by atomic mass is 10.1. The fourth-order valence-electron chi connectivity index (χ4n) is 2.63. The molecule has 1 atom stereocenters. The minimum absolute atomic E-state index is 0.262. The first kappa shape index (κ1) is 15.0. The highest BCUT2D eigenvalue weighted by molar-refractivity contribution is 5.91. The van der Waals surface area contributed by atoms with E-state index in [1.54, 1.807) is 6.07 Å². The van der Waals surface area contributed by atoms with Gasteiger partial charge in [0.05, 0.1) is 6.10 Å². The second-order valence-corrected chi connectivity index (χ2v) is 5.12. The summed E-state index contributed by atoms with van der Waals surface area (Å²) >= 11 is 0. The number of nitrogens with zero attached hydrogens (tertiary/aromatic N) is 1. The summed E-state index contributed by atoms with van der Waals surface area (Å²) in [5, 5.41) is 0. The molecule has 0 aromatic carbocycles. The van der Waals surface area contributed by atoms with Crippen molar-refractivity contribution in [2.24, 2.45) is 5.84 Å². The van der Waals surface area contributed by atoms with Gasteiger partial charge in [-0.3, -0.25) is 15.1 Å². The van der Waals surface area contributed by atoms with Crippen LogP contribution in [0, 0.1) is 6.92 Å². The summed E-state index contributed by atoms with van der Waals surface area (Å²) in [6.45, 7) is 7.40. The largest absolute Gasteiger partial charge is 0.456 e. The first-order chi connectivity index (χ1) is 9.63. The van der Waals surface area contributed by atoms with Gasteiger partial charge in [-0.1, -0.05) is 0 Å². The molecule has 2 rings (SSSR count). The Labute approximate surface area is 119 Å². The number of hydrogen-bond donors (Lipinski definition) is 2. The summed E-state index contributed by atoms with van der Waals surface area (Å²) < 4.78 is 11.1. The van der Waals surface area contributed by atoms with Gasteiger partial charge in [-0.15, -0.1) is 0 Å². The lowest BCUT2D eigenvalue weighted by Crippen LogP contribution is -2.39. The maximum absolute atomic E-state index is 11.4. The summed E-state index contributed by atoms with van der Waals surface area (Å²) in [5.74, 6) is 5.74. The zero-order chi connectivity index (χ0) is 14.5. The zero-order valence-corrected chi connectivity index (χ0v) is 12.1. The monoisotopic (exact) mass is 281 g/mol. The summed E-state index contributed by atoms with van der Waals surface area (Å²) in [5.41, 5.74) is 3.11. The van der Waals surface area contributed by atoms with Crippen molar-refractivity contribution < 1.29 is 13.9 Å². The number of carbonyl (C=O) groups is 1. The second kappa shape index (κ2) is 6.88. The van der Waals surface area contributed by atoms with E-state index in [1.807, 2.05) is 13.8 Å². The van der Waals surface area contributed by atoms with Gasteiger partial charge >= 0.3 is 5.91 Å². The number of hydrogen-bond acceptors (Lipinski definition) is 5. The van der Waals surface area contributed by atoms with Crippen LogP contribution in [0.2, 0.25) is 0 Å². The molecule has 1 aliphatic rings. The van der Waals surface area contributed by atoms with E-state index in [4.69, 9.17) is 15.0 Å². The van der Waals surface area contributed by atoms with E-state index in [0.717, 1.165) is 50.4 Å². The number of ether oxygens (including phenoxy) is 1. The molecule has 2 heterocycles. The van der Waals surface area contributed by atoms with Gasteiger partial charge in [0.1, 0.15) is 5.76 Å². The number of amides is 1. The number of carbonyl (C=O) groups excluding carboxylic acids is 1. The molecule has 112 valence electrons. The lowest BCUT2D eigenvalue weighted by molar-refractivity contribution is 0.00352. The van der Waals surface area contributed by atoms with Crippen LogP contribution in [0.4, 0.5) is 0 Å². The van der Waals surface area contributed by atoms with Gasteiger partial charge < -0.3 is 9.15 Å². The van der Waals surface area contributed by atoms with Crippen molar-refractivity contribution in [1.29, 1.82) is 0 Å². The van der Waals surface area contributed by atoms with Crippen molar-refractivity contribution in [2.45, 2.75) is 39.3 Å². The molecule has 1 aromatic rings. The zero-order valence-electron chi connectivity index (χ0n) is 12.1. The quantitative estimate of drug-likeness (QED) is 0.481. The van der Waals surface area contributed by atoms with Crippen LogP contribution in [0.1, 0.15) is 41.6 Å². The molecule has 20 heavy (non-hydrogen) atoms. The Kier molecular flexibility index (Phi) is 5.17. The highest BCUT2D eigenvalue weighted by Gasteiger charge is 2.22. The molecule has 1 aromatic heterocycles. The molecule has 1 unspecified atom stereocenters. The van der Waals surface area contributed by atoms with Crippen molar-refractivity contribution in [3.8, 4) is 0 Å². The fourth-order valence-corrected chi connectivity index (χ4v) is 2.63. The Bertz CT molecular complexity index is 457. The lowest BCUT2D eigenvalue weighted by Gasteiger charge is -2.32. The third-order valence-corrected chi connectivity index (χ3v) is 3.63. The normalized spacial score (nSPS) is 20.1. The summed E-state index contributed by atoms with van der Waals surface area (Å²) in [4.78, 5) is 13.8. The van der Waals surface area contributed by atoms with Gasteiger partial charge in [0, 0.05) is 25.3 Å². The topological polar surface area (TPSA) is 80.7 Å². The molecule has 0 radical (unpaired) electrons. The van der Waals surface area contributed by atoms with Crippen LogP contribution in [-0.4, -0.2) is 36.6 Å². The molecular weight excluding hydrogens is 258 g/mol. The van der Waals surface area contributed by atoms with E-state index in [1.165, 1.54) is 0 Å². The van der Waals surface area contributed by atoms with Crippen molar-refractivity contribution in [2.75, 3.05) is 19.7 Å². The number of furan rings is 1. The SMILES string of the molecule is CCOC1CCCN(Cc2cc(C(=O)NN)oc2C)C1. The number of hydrazine groups is 1.